The monoisotopic (exact) mass is 327 g/mol. The van der Waals surface area contributed by atoms with Crippen molar-refractivity contribution < 1.29 is 4.79 Å². The Morgan fingerprint density at radius 3 is 2.79 bits per heavy atom. The number of aromatic nitrogens is 4. The number of hydrogen-bond donors (Lipinski definition) is 2. The van der Waals surface area contributed by atoms with Crippen molar-refractivity contribution in [1.29, 1.82) is 5.26 Å². The van der Waals surface area contributed by atoms with E-state index in [0.717, 1.165) is 11.4 Å². The maximum atomic E-state index is 12.1. The molecular weight excluding hydrogens is 306 g/mol. The molecule has 0 aliphatic carbocycles. The molecule has 0 bridgehead atoms. The number of carbonyl (C=O) groups excluding carboxylic acids is 1. The fourth-order valence-corrected chi connectivity index (χ4v) is 2.04. The van der Waals surface area contributed by atoms with Crippen LogP contribution in [0.4, 0.5) is 5.69 Å². The third kappa shape index (κ3) is 3.87. The molecule has 2 N–H and O–H groups in total. The number of anilines is 1. The number of carbonyl (C=O) groups is 1. The largest absolute Gasteiger partial charge is 0.376 e. The zero-order valence-electron chi connectivity index (χ0n) is 14.2. The third-order valence-corrected chi connectivity index (χ3v) is 3.96. The van der Waals surface area contributed by atoms with Gasteiger partial charge in [0.15, 0.2) is 5.82 Å². The summed E-state index contributed by atoms with van der Waals surface area (Å²) in [5.41, 5.74) is 0.678. The number of amides is 1. The van der Waals surface area contributed by atoms with Crippen LogP contribution in [0.1, 0.15) is 26.6 Å². The molecule has 0 saturated carbocycles. The summed E-state index contributed by atoms with van der Waals surface area (Å²) in [5.74, 6) is 0.445. The van der Waals surface area contributed by atoms with E-state index in [9.17, 15) is 10.1 Å². The average Bonchev–Trinajstić information content (AvgIpc) is 2.99. The lowest BCUT2D eigenvalue weighted by Gasteiger charge is -2.27. The maximum absolute atomic E-state index is 12.1. The van der Waals surface area contributed by atoms with Gasteiger partial charge < -0.3 is 10.6 Å². The van der Waals surface area contributed by atoms with Gasteiger partial charge in [0.25, 0.3) is 0 Å². The highest BCUT2D eigenvalue weighted by molar-refractivity contribution is 5.82. The van der Waals surface area contributed by atoms with Gasteiger partial charge in [-0.15, -0.1) is 5.10 Å². The molecule has 8 heteroatoms. The summed E-state index contributed by atoms with van der Waals surface area (Å²) in [5, 5.41) is 26.4. The number of aryl methyl sites for hydroxylation is 1. The zero-order valence-corrected chi connectivity index (χ0v) is 14.2. The molecule has 2 aromatic rings. The molecule has 1 heterocycles. The maximum Gasteiger partial charge on any atom is 0.240 e. The van der Waals surface area contributed by atoms with Crippen molar-refractivity contribution in [2.24, 2.45) is 5.92 Å². The first kappa shape index (κ1) is 17.4. The second kappa shape index (κ2) is 7.08. The first-order valence-corrected chi connectivity index (χ1v) is 7.67. The predicted octanol–water partition coefficient (Wildman–Crippen LogP) is 1.44. The molecule has 2 rings (SSSR count). The average molecular weight is 327 g/mol. The van der Waals surface area contributed by atoms with Gasteiger partial charge in [-0.2, -0.15) is 9.94 Å². The Bertz CT molecular complexity index is 762. The fourth-order valence-electron chi connectivity index (χ4n) is 2.04. The summed E-state index contributed by atoms with van der Waals surface area (Å²) >= 11 is 0. The topological polar surface area (TPSA) is 109 Å². The summed E-state index contributed by atoms with van der Waals surface area (Å²) in [4.78, 5) is 12.1. The van der Waals surface area contributed by atoms with Crippen molar-refractivity contribution in [3.8, 4) is 11.8 Å². The molecular formula is C16H21N7O. The van der Waals surface area contributed by atoms with Crippen molar-refractivity contribution in [3.63, 3.8) is 0 Å². The summed E-state index contributed by atoms with van der Waals surface area (Å²) in [7, 11) is 0. The Morgan fingerprint density at radius 2 is 2.21 bits per heavy atom. The van der Waals surface area contributed by atoms with Crippen LogP contribution in [-0.4, -0.2) is 38.2 Å². The molecule has 1 amide bonds. The number of tetrazole rings is 1. The third-order valence-electron chi connectivity index (χ3n) is 3.96. The molecule has 1 atom stereocenters. The van der Waals surface area contributed by atoms with Crippen molar-refractivity contribution >= 4 is 11.6 Å². The van der Waals surface area contributed by atoms with Crippen molar-refractivity contribution in [3.05, 3.63) is 30.1 Å². The van der Waals surface area contributed by atoms with Crippen LogP contribution in [0.3, 0.4) is 0 Å². The highest BCUT2D eigenvalue weighted by Gasteiger charge is 2.29. The highest BCUT2D eigenvalue weighted by atomic mass is 16.2. The van der Waals surface area contributed by atoms with Crippen molar-refractivity contribution in [2.75, 3.05) is 11.9 Å². The predicted molar refractivity (Wildman–Crippen MR) is 89.4 cm³/mol. The molecule has 0 spiro atoms. The molecule has 126 valence electrons. The summed E-state index contributed by atoms with van der Waals surface area (Å²) in [6, 6.07) is 9.58. The Morgan fingerprint density at radius 1 is 1.46 bits per heavy atom. The highest BCUT2D eigenvalue weighted by Crippen LogP contribution is 2.16. The van der Waals surface area contributed by atoms with E-state index in [1.54, 1.807) is 11.6 Å². The van der Waals surface area contributed by atoms with Crippen molar-refractivity contribution in [2.45, 2.75) is 33.2 Å². The van der Waals surface area contributed by atoms with Gasteiger partial charge in [0.1, 0.15) is 5.54 Å². The number of nitrogens with zero attached hydrogens (tertiary/aromatic N) is 5. The zero-order chi connectivity index (χ0) is 17.7. The minimum Gasteiger partial charge on any atom is -0.376 e. The van der Waals surface area contributed by atoms with E-state index in [1.165, 1.54) is 0 Å². The Kier molecular flexibility index (Phi) is 5.14. The second-order valence-corrected chi connectivity index (χ2v) is 6.06. The van der Waals surface area contributed by atoms with Gasteiger partial charge in [-0.3, -0.25) is 4.79 Å². The molecule has 0 saturated heterocycles. The molecule has 1 unspecified atom stereocenters. The van der Waals surface area contributed by atoms with Gasteiger partial charge in [0.05, 0.1) is 18.3 Å². The van der Waals surface area contributed by atoms with Gasteiger partial charge in [-0.1, -0.05) is 19.9 Å². The van der Waals surface area contributed by atoms with E-state index < -0.39 is 5.54 Å². The molecule has 0 aliphatic rings. The smallest absolute Gasteiger partial charge is 0.240 e. The van der Waals surface area contributed by atoms with Crippen LogP contribution >= 0.6 is 0 Å². The number of nitrogens with one attached hydrogen (secondary N) is 2. The van der Waals surface area contributed by atoms with Crippen LogP contribution in [0.5, 0.6) is 0 Å². The van der Waals surface area contributed by atoms with Crippen LogP contribution in [0.25, 0.3) is 5.69 Å². The number of rotatable bonds is 6. The van der Waals surface area contributed by atoms with Crippen LogP contribution in [0, 0.1) is 24.2 Å². The molecule has 0 aliphatic heterocycles. The van der Waals surface area contributed by atoms with E-state index in [-0.39, 0.29) is 18.4 Å². The van der Waals surface area contributed by atoms with E-state index in [2.05, 4.69) is 32.2 Å². The Balaban J connectivity index is 2.02. The molecule has 0 fully saturated rings. The molecule has 24 heavy (non-hydrogen) atoms. The Hall–Kier alpha value is -2.95. The number of nitriles is 1. The number of hydrogen-bond acceptors (Lipinski definition) is 6. The SMILES string of the molecule is Cc1nnnn1-c1cccc(NCC(=O)NC(C)(C#N)C(C)C)c1. The van der Waals surface area contributed by atoms with E-state index in [4.69, 9.17) is 0 Å². The van der Waals surface area contributed by atoms with Gasteiger partial charge in [0, 0.05) is 5.69 Å². The quantitative estimate of drug-likeness (QED) is 0.831. The van der Waals surface area contributed by atoms with E-state index in [1.807, 2.05) is 45.0 Å². The molecule has 1 aromatic heterocycles. The van der Waals surface area contributed by atoms with Crippen LogP contribution in [0.2, 0.25) is 0 Å². The van der Waals surface area contributed by atoms with E-state index in [0.29, 0.717) is 5.82 Å². The summed E-state index contributed by atoms with van der Waals surface area (Å²) < 4.78 is 1.61. The lowest BCUT2D eigenvalue weighted by atomic mass is 9.90. The molecule has 0 radical (unpaired) electrons. The van der Waals surface area contributed by atoms with Gasteiger partial charge >= 0.3 is 0 Å². The lowest BCUT2D eigenvalue weighted by molar-refractivity contribution is -0.121. The van der Waals surface area contributed by atoms with Gasteiger partial charge in [0.2, 0.25) is 5.91 Å². The van der Waals surface area contributed by atoms with Crippen LogP contribution < -0.4 is 10.6 Å². The second-order valence-electron chi connectivity index (χ2n) is 6.06. The van der Waals surface area contributed by atoms with Crippen LogP contribution in [-0.2, 0) is 4.79 Å². The van der Waals surface area contributed by atoms with Gasteiger partial charge in [-0.25, -0.2) is 0 Å². The number of benzene rings is 1. The van der Waals surface area contributed by atoms with E-state index >= 15 is 0 Å². The molecule has 8 nitrogen and oxygen atoms in total. The van der Waals surface area contributed by atoms with Gasteiger partial charge in [-0.05, 0) is 48.4 Å². The minimum absolute atomic E-state index is 0.0116. The standard InChI is InChI=1S/C16H21N7O/c1-11(2)16(4,10-17)19-15(24)9-18-13-6-5-7-14(8-13)23-12(3)20-21-22-23/h5-8,11,18H,9H2,1-4H3,(H,19,24). The summed E-state index contributed by atoms with van der Waals surface area (Å²) in [6.45, 7) is 7.39. The molecule has 1 aromatic carbocycles. The van der Waals surface area contributed by atoms with Crippen LogP contribution in [0.15, 0.2) is 24.3 Å². The van der Waals surface area contributed by atoms with Crippen molar-refractivity contribution in [1.82, 2.24) is 25.5 Å². The first-order chi connectivity index (χ1) is 11.4. The fraction of sp³-hybridized carbons (Fsp3) is 0.438. The Labute approximate surface area is 140 Å². The minimum atomic E-state index is -0.885. The normalized spacial score (nSPS) is 13.2. The summed E-state index contributed by atoms with van der Waals surface area (Å²) in [6.07, 6.45) is 0. The lowest BCUT2D eigenvalue weighted by Crippen LogP contribution is -2.50. The first-order valence-electron chi connectivity index (χ1n) is 7.67.